The lowest BCUT2D eigenvalue weighted by atomic mass is 10.1. The van der Waals surface area contributed by atoms with Gasteiger partial charge in [0.2, 0.25) is 0 Å². The van der Waals surface area contributed by atoms with Gasteiger partial charge in [-0.15, -0.1) is 0 Å². The molecule has 0 aromatic heterocycles. The van der Waals surface area contributed by atoms with E-state index in [0.29, 0.717) is 23.2 Å². The van der Waals surface area contributed by atoms with Crippen LogP contribution in [0.2, 0.25) is 0 Å². The molecule has 2 aromatic carbocycles. The van der Waals surface area contributed by atoms with Crippen molar-refractivity contribution in [1.82, 2.24) is 10.7 Å². The van der Waals surface area contributed by atoms with Gasteiger partial charge in [-0.25, -0.2) is 0 Å². The average molecular weight is 357 g/mol. The molecule has 5 nitrogen and oxygen atoms in total. The van der Waals surface area contributed by atoms with E-state index < -0.39 is 0 Å². The zero-order valence-corrected chi connectivity index (χ0v) is 15.5. The van der Waals surface area contributed by atoms with Crippen LogP contribution in [-0.4, -0.2) is 25.0 Å². The van der Waals surface area contributed by atoms with Gasteiger partial charge in [0.05, 0.1) is 13.3 Å². The molecule has 0 fully saturated rings. The second kappa shape index (κ2) is 9.64. The molecule has 0 saturated heterocycles. The number of hydrogen-bond donors (Lipinski definition) is 2. The van der Waals surface area contributed by atoms with Crippen LogP contribution in [0.3, 0.4) is 0 Å². The lowest BCUT2D eigenvalue weighted by Crippen LogP contribution is -2.31. The largest absolute Gasteiger partial charge is 0.493 e. The Morgan fingerprint density at radius 3 is 2.72 bits per heavy atom. The summed E-state index contributed by atoms with van der Waals surface area (Å²) >= 11 is 5.09. The Labute approximate surface area is 154 Å². The van der Waals surface area contributed by atoms with Crippen LogP contribution in [0, 0.1) is 6.92 Å². The second-order valence-electron chi connectivity index (χ2n) is 5.32. The number of ether oxygens (including phenoxy) is 2. The van der Waals surface area contributed by atoms with Gasteiger partial charge in [0.1, 0.15) is 6.61 Å². The first-order valence-electron chi connectivity index (χ1n) is 8.07. The molecule has 0 radical (unpaired) electrons. The number of nitrogens with zero attached hydrogens (tertiary/aromatic N) is 1. The summed E-state index contributed by atoms with van der Waals surface area (Å²) < 4.78 is 11.5. The molecule has 0 saturated carbocycles. The van der Waals surface area contributed by atoms with Crippen molar-refractivity contribution in [3.8, 4) is 11.5 Å². The predicted molar refractivity (Wildman–Crippen MR) is 106 cm³/mol. The van der Waals surface area contributed by atoms with Crippen molar-refractivity contribution in [2.45, 2.75) is 20.5 Å². The van der Waals surface area contributed by atoms with Gasteiger partial charge in [0.25, 0.3) is 0 Å². The van der Waals surface area contributed by atoms with Crippen LogP contribution < -0.4 is 20.2 Å². The molecule has 2 aromatic rings. The lowest BCUT2D eigenvalue weighted by molar-refractivity contribution is 0.283. The Morgan fingerprint density at radius 1 is 1.20 bits per heavy atom. The van der Waals surface area contributed by atoms with Crippen molar-refractivity contribution in [2.75, 3.05) is 13.7 Å². The summed E-state index contributed by atoms with van der Waals surface area (Å²) in [5, 5.41) is 7.60. The standard InChI is InChI=1S/C19H23N3O2S/c1-4-20-19(25)22-21-12-15-10-7-11-17(23-3)18(15)24-13-16-9-6-5-8-14(16)2/h5-12H,4,13H2,1-3H3,(H2,20,22,25)/b21-12-. The van der Waals surface area contributed by atoms with Crippen LogP contribution in [0.5, 0.6) is 11.5 Å². The van der Waals surface area contributed by atoms with Crippen molar-refractivity contribution in [3.63, 3.8) is 0 Å². The molecule has 2 rings (SSSR count). The highest BCUT2D eigenvalue weighted by Crippen LogP contribution is 2.31. The molecule has 2 N–H and O–H groups in total. The summed E-state index contributed by atoms with van der Waals surface area (Å²) in [4.78, 5) is 0. The maximum absolute atomic E-state index is 6.04. The minimum absolute atomic E-state index is 0.455. The van der Waals surface area contributed by atoms with E-state index in [0.717, 1.165) is 17.7 Å². The minimum atomic E-state index is 0.455. The fraction of sp³-hybridized carbons (Fsp3) is 0.263. The Kier molecular flexibility index (Phi) is 7.22. The Bertz CT molecular complexity index is 747. The number of para-hydroxylation sites is 1. The molecule has 0 aliphatic carbocycles. The number of aryl methyl sites for hydroxylation is 1. The number of hydrazone groups is 1. The molecular weight excluding hydrogens is 334 g/mol. The van der Waals surface area contributed by atoms with Gasteiger partial charge in [0, 0.05) is 12.1 Å². The number of methoxy groups -OCH3 is 1. The highest BCUT2D eigenvalue weighted by Gasteiger charge is 2.10. The van der Waals surface area contributed by atoms with E-state index in [4.69, 9.17) is 21.7 Å². The monoisotopic (exact) mass is 357 g/mol. The minimum Gasteiger partial charge on any atom is -0.493 e. The molecule has 0 amide bonds. The smallest absolute Gasteiger partial charge is 0.186 e. The van der Waals surface area contributed by atoms with Crippen molar-refractivity contribution in [1.29, 1.82) is 0 Å². The van der Waals surface area contributed by atoms with Gasteiger partial charge < -0.3 is 14.8 Å². The van der Waals surface area contributed by atoms with Gasteiger partial charge >= 0.3 is 0 Å². The van der Waals surface area contributed by atoms with Gasteiger partial charge in [-0.3, -0.25) is 5.43 Å². The molecule has 0 heterocycles. The molecule has 0 spiro atoms. The van der Waals surface area contributed by atoms with E-state index in [9.17, 15) is 0 Å². The molecule has 0 atom stereocenters. The van der Waals surface area contributed by atoms with Crippen LogP contribution in [0.4, 0.5) is 0 Å². The third-order valence-electron chi connectivity index (χ3n) is 3.57. The first-order chi connectivity index (χ1) is 12.2. The predicted octanol–water partition coefficient (Wildman–Crippen LogP) is 3.40. The molecule has 0 aliphatic heterocycles. The summed E-state index contributed by atoms with van der Waals surface area (Å²) in [5.41, 5.74) is 5.89. The number of thiocarbonyl (C=S) groups is 1. The van der Waals surface area contributed by atoms with E-state index in [2.05, 4.69) is 34.9 Å². The first-order valence-corrected chi connectivity index (χ1v) is 8.47. The zero-order chi connectivity index (χ0) is 18.1. The van der Waals surface area contributed by atoms with Crippen LogP contribution >= 0.6 is 12.2 Å². The molecule has 6 heteroatoms. The van der Waals surface area contributed by atoms with Gasteiger partial charge in [0.15, 0.2) is 16.6 Å². The Hall–Kier alpha value is -2.60. The van der Waals surface area contributed by atoms with E-state index in [1.807, 2.05) is 37.3 Å². The van der Waals surface area contributed by atoms with Gasteiger partial charge in [-0.1, -0.05) is 30.3 Å². The number of rotatable bonds is 7. The molecule has 0 bridgehead atoms. The number of hydrogen-bond acceptors (Lipinski definition) is 4. The third kappa shape index (κ3) is 5.46. The van der Waals surface area contributed by atoms with E-state index in [1.54, 1.807) is 13.3 Å². The Balaban J connectivity index is 2.16. The SMILES string of the molecule is CCNC(=S)N/N=C\c1cccc(OC)c1OCc1ccccc1C. The molecular formula is C19H23N3O2S. The van der Waals surface area contributed by atoms with Gasteiger partial charge in [-0.2, -0.15) is 5.10 Å². The van der Waals surface area contributed by atoms with Crippen molar-refractivity contribution >= 4 is 23.5 Å². The highest BCUT2D eigenvalue weighted by atomic mass is 32.1. The van der Waals surface area contributed by atoms with E-state index >= 15 is 0 Å². The van der Waals surface area contributed by atoms with Gasteiger partial charge in [-0.05, 0) is 49.3 Å². The third-order valence-corrected chi connectivity index (χ3v) is 3.81. The maximum atomic E-state index is 6.04. The van der Waals surface area contributed by atoms with Crippen LogP contribution in [0.1, 0.15) is 23.6 Å². The van der Waals surface area contributed by atoms with Crippen LogP contribution in [-0.2, 0) is 6.61 Å². The zero-order valence-electron chi connectivity index (χ0n) is 14.7. The summed E-state index contributed by atoms with van der Waals surface area (Å²) in [7, 11) is 1.62. The van der Waals surface area contributed by atoms with Crippen LogP contribution in [0.25, 0.3) is 0 Å². The average Bonchev–Trinajstić information content (AvgIpc) is 2.61. The summed E-state index contributed by atoms with van der Waals surface area (Å²) in [6.45, 7) is 5.23. The molecule has 132 valence electrons. The Morgan fingerprint density at radius 2 is 2.00 bits per heavy atom. The second-order valence-corrected chi connectivity index (χ2v) is 5.73. The van der Waals surface area contributed by atoms with E-state index in [1.165, 1.54) is 5.56 Å². The molecule has 0 aliphatic rings. The van der Waals surface area contributed by atoms with Crippen molar-refractivity contribution < 1.29 is 9.47 Å². The summed E-state index contributed by atoms with van der Waals surface area (Å²) in [6, 6.07) is 13.8. The van der Waals surface area contributed by atoms with Crippen LogP contribution in [0.15, 0.2) is 47.6 Å². The summed E-state index contributed by atoms with van der Waals surface area (Å²) in [5.74, 6) is 1.31. The topological polar surface area (TPSA) is 54.9 Å². The fourth-order valence-corrected chi connectivity index (χ4v) is 2.43. The quantitative estimate of drug-likeness (QED) is 0.452. The van der Waals surface area contributed by atoms with Crippen molar-refractivity contribution in [3.05, 3.63) is 59.2 Å². The normalized spacial score (nSPS) is 10.5. The highest BCUT2D eigenvalue weighted by molar-refractivity contribution is 7.80. The first kappa shape index (κ1) is 18.7. The van der Waals surface area contributed by atoms with E-state index in [-0.39, 0.29) is 0 Å². The lowest BCUT2D eigenvalue weighted by Gasteiger charge is -2.14. The number of nitrogens with one attached hydrogen (secondary N) is 2. The fourth-order valence-electron chi connectivity index (χ4n) is 2.23. The van der Waals surface area contributed by atoms with Crippen molar-refractivity contribution in [2.24, 2.45) is 5.10 Å². The number of benzene rings is 2. The molecule has 25 heavy (non-hydrogen) atoms. The molecule has 0 unspecified atom stereocenters. The maximum Gasteiger partial charge on any atom is 0.186 e. The summed E-state index contributed by atoms with van der Waals surface area (Å²) in [6.07, 6.45) is 1.67.